The predicted molar refractivity (Wildman–Crippen MR) is 81.3 cm³/mol. The monoisotopic (exact) mass is 276 g/mol. The van der Waals surface area contributed by atoms with Crippen LogP contribution in [0.25, 0.3) is 0 Å². The van der Waals surface area contributed by atoms with Crippen molar-refractivity contribution in [2.24, 2.45) is 0 Å². The summed E-state index contributed by atoms with van der Waals surface area (Å²) in [5.74, 6) is 0.841. The highest BCUT2D eigenvalue weighted by atomic mass is 16.5. The molecule has 1 aliphatic carbocycles. The summed E-state index contributed by atoms with van der Waals surface area (Å²) in [6.45, 7) is 0. The Labute approximate surface area is 121 Å². The number of benzene rings is 1. The Morgan fingerprint density at radius 1 is 1.20 bits per heavy atom. The molecule has 2 amide bonds. The van der Waals surface area contributed by atoms with Crippen molar-refractivity contribution in [1.29, 1.82) is 0 Å². The fourth-order valence-electron chi connectivity index (χ4n) is 2.43. The summed E-state index contributed by atoms with van der Waals surface area (Å²) in [6, 6.07) is 7.51. The van der Waals surface area contributed by atoms with Crippen molar-refractivity contribution in [1.82, 2.24) is 4.90 Å². The van der Waals surface area contributed by atoms with Crippen molar-refractivity contribution in [3.05, 3.63) is 24.3 Å². The molecule has 1 saturated carbocycles. The van der Waals surface area contributed by atoms with Gasteiger partial charge in [-0.05, 0) is 37.8 Å². The number of carbonyl (C=O) groups is 1. The van der Waals surface area contributed by atoms with E-state index in [9.17, 15) is 4.79 Å². The van der Waals surface area contributed by atoms with Gasteiger partial charge in [-0.15, -0.1) is 0 Å². The highest BCUT2D eigenvalue weighted by Gasteiger charge is 2.14. The zero-order valence-corrected chi connectivity index (χ0v) is 12.4. The van der Waals surface area contributed by atoms with Crippen molar-refractivity contribution >= 4 is 11.7 Å². The number of carbonyl (C=O) groups excluding carboxylic acids is 1. The molecule has 1 aromatic rings. The molecule has 0 saturated heterocycles. The molecule has 0 atom stereocenters. The Hall–Kier alpha value is -1.71. The number of nitrogens with zero attached hydrogens (tertiary/aromatic N) is 1. The van der Waals surface area contributed by atoms with Crippen LogP contribution >= 0.6 is 0 Å². The van der Waals surface area contributed by atoms with Crippen LogP contribution in [0.15, 0.2) is 24.3 Å². The maximum Gasteiger partial charge on any atom is 0.321 e. The van der Waals surface area contributed by atoms with Crippen LogP contribution < -0.4 is 10.1 Å². The maximum absolute atomic E-state index is 11.6. The number of amides is 2. The topological polar surface area (TPSA) is 41.6 Å². The van der Waals surface area contributed by atoms with Crippen LogP contribution in [0.3, 0.4) is 0 Å². The summed E-state index contributed by atoms with van der Waals surface area (Å²) < 4.78 is 6.05. The molecule has 0 bridgehead atoms. The van der Waals surface area contributed by atoms with Gasteiger partial charge in [0.1, 0.15) is 5.75 Å². The van der Waals surface area contributed by atoms with Crippen molar-refractivity contribution < 1.29 is 9.53 Å². The van der Waals surface area contributed by atoms with Crippen LogP contribution in [0, 0.1) is 0 Å². The molecule has 0 heterocycles. The van der Waals surface area contributed by atoms with Gasteiger partial charge in [0.25, 0.3) is 0 Å². The van der Waals surface area contributed by atoms with Gasteiger partial charge in [0.05, 0.1) is 6.10 Å². The van der Waals surface area contributed by atoms with Gasteiger partial charge >= 0.3 is 6.03 Å². The Bertz CT molecular complexity index is 438. The second kappa shape index (κ2) is 7.17. The van der Waals surface area contributed by atoms with E-state index in [-0.39, 0.29) is 6.03 Å². The Morgan fingerprint density at radius 3 is 2.55 bits per heavy atom. The molecule has 20 heavy (non-hydrogen) atoms. The Kier molecular flexibility index (Phi) is 5.27. The molecule has 0 spiro atoms. The van der Waals surface area contributed by atoms with Gasteiger partial charge in [0.15, 0.2) is 0 Å². The third-order valence-corrected chi connectivity index (χ3v) is 3.60. The number of ether oxygens (including phenoxy) is 1. The predicted octanol–water partition coefficient (Wildman–Crippen LogP) is 3.88. The third-order valence-electron chi connectivity index (χ3n) is 3.60. The first-order valence-corrected chi connectivity index (χ1v) is 7.40. The van der Waals surface area contributed by atoms with Gasteiger partial charge in [-0.3, -0.25) is 0 Å². The number of hydrogen-bond donors (Lipinski definition) is 1. The lowest BCUT2D eigenvalue weighted by Crippen LogP contribution is -2.27. The van der Waals surface area contributed by atoms with E-state index in [0.29, 0.717) is 6.10 Å². The molecule has 1 fully saturated rings. The third kappa shape index (κ3) is 4.44. The highest BCUT2D eigenvalue weighted by molar-refractivity contribution is 5.89. The average molecular weight is 276 g/mol. The molecule has 4 heteroatoms. The zero-order valence-electron chi connectivity index (χ0n) is 12.4. The molecule has 1 N–H and O–H groups in total. The van der Waals surface area contributed by atoms with Crippen molar-refractivity contribution in [2.75, 3.05) is 19.4 Å². The molecule has 2 rings (SSSR count). The van der Waals surface area contributed by atoms with E-state index in [1.54, 1.807) is 14.1 Å². The first kappa shape index (κ1) is 14.7. The number of nitrogens with one attached hydrogen (secondary N) is 1. The van der Waals surface area contributed by atoms with E-state index in [1.165, 1.54) is 30.6 Å². The summed E-state index contributed by atoms with van der Waals surface area (Å²) in [5, 5.41) is 2.84. The Morgan fingerprint density at radius 2 is 1.90 bits per heavy atom. The van der Waals surface area contributed by atoms with Gasteiger partial charge in [-0.25, -0.2) is 4.79 Å². The number of urea groups is 1. The van der Waals surface area contributed by atoms with Gasteiger partial charge < -0.3 is 15.0 Å². The van der Waals surface area contributed by atoms with Crippen LogP contribution in [-0.2, 0) is 0 Å². The fourth-order valence-corrected chi connectivity index (χ4v) is 2.43. The number of rotatable bonds is 3. The Balaban J connectivity index is 1.96. The summed E-state index contributed by atoms with van der Waals surface area (Å²) in [4.78, 5) is 13.1. The standard InChI is InChI=1S/C16H24N2O2/c1-18(2)16(19)17-13-8-7-11-15(12-13)20-14-9-5-3-4-6-10-14/h7-8,11-12,14H,3-6,9-10H2,1-2H3,(H,17,19). The summed E-state index contributed by atoms with van der Waals surface area (Å²) in [5.41, 5.74) is 0.773. The van der Waals surface area contributed by atoms with Crippen LogP contribution in [0.5, 0.6) is 5.75 Å². The molecule has 0 unspecified atom stereocenters. The second-order valence-corrected chi connectivity index (χ2v) is 5.58. The molecule has 0 aliphatic heterocycles. The number of anilines is 1. The minimum absolute atomic E-state index is 0.128. The first-order chi connectivity index (χ1) is 9.65. The van der Waals surface area contributed by atoms with Crippen molar-refractivity contribution in [3.63, 3.8) is 0 Å². The normalized spacial score (nSPS) is 16.3. The van der Waals surface area contributed by atoms with Crippen molar-refractivity contribution in [2.45, 2.75) is 44.6 Å². The van der Waals surface area contributed by atoms with E-state index in [1.807, 2.05) is 24.3 Å². The summed E-state index contributed by atoms with van der Waals surface area (Å²) in [6.07, 6.45) is 7.72. The lowest BCUT2D eigenvalue weighted by molar-refractivity contribution is 0.184. The molecule has 4 nitrogen and oxygen atoms in total. The van der Waals surface area contributed by atoms with Gasteiger partial charge in [0, 0.05) is 25.8 Å². The van der Waals surface area contributed by atoms with Gasteiger partial charge in [-0.2, -0.15) is 0 Å². The molecular weight excluding hydrogens is 252 g/mol. The average Bonchev–Trinajstić information content (AvgIpc) is 2.67. The van der Waals surface area contributed by atoms with E-state index in [4.69, 9.17) is 4.74 Å². The second-order valence-electron chi connectivity index (χ2n) is 5.58. The van der Waals surface area contributed by atoms with E-state index < -0.39 is 0 Å². The lowest BCUT2D eigenvalue weighted by Gasteiger charge is -2.18. The molecule has 1 aromatic carbocycles. The summed E-state index contributed by atoms with van der Waals surface area (Å²) in [7, 11) is 3.45. The zero-order chi connectivity index (χ0) is 14.4. The fraction of sp³-hybridized carbons (Fsp3) is 0.562. The van der Waals surface area contributed by atoms with E-state index in [0.717, 1.165) is 24.3 Å². The smallest absolute Gasteiger partial charge is 0.321 e. The molecule has 0 aromatic heterocycles. The van der Waals surface area contributed by atoms with Crippen LogP contribution in [0.2, 0.25) is 0 Å². The highest BCUT2D eigenvalue weighted by Crippen LogP contribution is 2.24. The van der Waals surface area contributed by atoms with Crippen molar-refractivity contribution in [3.8, 4) is 5.75 Å². The quantitative estimate of drug-likeness (QED) is 0.851. The van der Waals surface area contributed by atoms with Gasteiger partial charge in [-0.1, -0.05) is 18.9 Å². The largest absolute Gasteiger partial charge is 0.490 e. The SMILES string of the molecule is CN(C)C(=O)Nc1cccc(OC2CCCCCC2)c1. The molecular formula is C16H24N2O2. The number of hydrogen-bond acceptors (Lipinski definition) is 2. The van der Waals surface area contributed by atoms with Gasteiger partial charge in [0.2, 0.25) is 0 Å². The molecule has 1 aliphatic rings. The summed E-state index contributed by atoms with van der Waals surface area (Å²) >= 11 is 0. The maximum atomic E-state index is 11.6. The minimum atomic E-state index is -0.128. The molecule has 0 radical (unpaired) electrons. The minimum Gasteiger partial charge on any atom is -0.490 e. The van der Waals surface area contributed by atoms with E-state index >= 15 is 0 Å². The van der Waals surface area contributed by atoms with Crippen LogP contribution in [0.4, 0.5) is 10.5 Å². The van der Waals surface area contributed by atoms with Crippen LogP contribution in [0.1, 0.15) is 38.5 Å². The van der Waals surface area contributed by atoms with Crippen LogP contribution in [-0.4, -0.2) is 31.1 Å². The lowest BCUT2D eigenvalue weighted by atomic mass is 10.1. The first-order valence-electron chi connectivity index (χ1n) is 7.40. The van der Waals surface area contributed by atoms with E-state index in [2.05, 4.69) is 5.32 Å². The molecule has 110 valence electrons.